The minimum absolute atomic E-state index is 0.0526. The van der Waals surface area contributed by atoms with E-state index in [9.17, 15) is 18.7 Å². The van der Waals surface area contributed by atoms with Crippen LogP contribution < -0.4 is 5.32 Å². The van der Waals surface area contributed by atoms with E-state index >= 15 is 0 Å². The molecule has 0 aliphatic carbocycles. The quantitative estimate of drug-likeness (QED) is 0.869. The van der Waals surface area contributed by atoms with Crippen molar-refractivity contribution in [2.75, 3.05) is 19.8 Å². The molecule has 1 aromatic carbocycles. The van der Waals surface area contributed by atoms with Crippen LogP contribution in [0.2, 0.25) is 0 Å². The Labute approximate surface area is 109 Å². The molecule has 0 aromatic heterocycles. The first-order valence-electron chi connectivity index (χ1n) is 6.04. The Morgan fingerprint density at radius 3 is 2.47 bits per heavy atom. The van der Waals surface area contributed by atoms with Gasteiger partial charge in [0.1, 0.15) is 17.2 Å². The third-order valence-electron chi connectivity index (χ3n) is 3.19. The molecule has 0 unspecified atom stereocenters. The van der Waals surface area contributed by atoms with Crippen molar-refractivity contribution in [2.24, 2.45) is 0 Å². The van der Waals surface area contributed by atoms with Crippen molar-refractivity contribution in [1.29, 1.82) is 0 Å². The van der Waals surface area contributed by atoms with Gasteiger partial charge in [-0.2, -0.15) is 0 Å². The molecule has 1 heterocycles. The number of rotatable bonds is 3. The first kappa shape index (κ1) is 13.9. The number of aliphatic hydroxyl groups is 1. The summed E-state index contributed by atoms with van der Waals surface area (Å²) in [5.41, 5.74) is -1.70. The summed E-state index contributed by atoms with van der Waals surface area (Å²) in [5, 5.41) is 12.5. The van der Waals surface area contributed by atoms with Crippen LogP contribution in [0.1, 0.15) is 23.2 Å². The third kappa shape index (κ3) is 3.27. The molecule has 1 amide bonds. The highest BCUT2D eigenvalue weighted by Crippen LogP contribution is 2.20. The van der Waals surface area contributed by atoms with Gasteiger partial charge in [0.25, 0.3) is 5.91 Å². The molecular weight excluding hydrogens is 256 g/mol. The largest absolute Gasteiger partial charge is 0.388 e. The highest BCUT2D eigenvalue weighted by Gasteiger charge is 2.30. The van der Waals surface area contributed by atoms with Gasteiger partial charge in [-0.1, -0.05) is 6.07 Å². The molecule has 104 valence electrons. The molecule has 0 saturated carbocycles. The Kier molecular flexibility index (Phi) is 4.11. The Balaban J connectivity index is 2.01. The van der Waals surface area contributed by atoms with Crippen molar-refractivity contribution in [2.45, 2.75) is 18.4 Å². The molecular formula is C13H15F2NO3. The normalized spacial score (nSPS) is 18.1. The predicted octanol–water partition coefficient (Wildman–Crippen LogP) is 1.24. The summed E-state index contributed by atoms with van der Waals surface area (Å²) < 4.78 is 31.9. The van der Waals surface area contributed by atoms with Crippen LogP contribution >= 0.6 is 0 Å². The molecule has 2 rings (SSSR count). The van der Waals surface area contributed by atoms with Crippen LogP contribution in [0.3, 0.4) is 0 Å². The molecule has 4 nitrogen and oxygen atoms in total. The van der Waals surface area contributed by atoms with Crippen LogP contribution in [0.5, 0.6) is 0 Å². The van der Waals surface area contributed by atoms with E-state index in [1.54, 1.807) is 0 Å². The van der Waals surface area contributed by atoms with Crippen molar-refractivity contribution >= 4 is 5.91 Å². The molecule has 1 aliphatic rings. The number of benzene rings is 1. The fourth-order valence-electron chi connectivity index (χ4n) is 1.98. The van der Waals surface area contributed by atoms with Gasteiger partial charge in [-0.15, -0.1) is 0 Å². The lowest BCUT2D eigenvalue weighted by molar-refractivity contribution is -0.0605. The highest BCUT2D eigenvalue weighted by molar-refractivity contribution is 5.94. The van der Waals surface area contributed by atoms with Crippen LogP contribution in [-0.2, 0) is 4.74 Å². The third-order valence-corrected chi connectivity index (χ3v) is 3.19. The maximum atomic E-state index is 13.4. The second-order valence-corrected chi connectivity index (χ2v) is 4.62. The first-order valence-corrected chi connectivity index (χ1v) is 6.04. The SMILES string of the molecule is O=C(NCC1(O)CCOCC1)c1c(F)cccc1F. The van der Waals surface area contributed by atoms with Crippen LogP contribution in [0.4, 0.5) is 8.78 Å². The lowest BCUT2D eigenvalue weighted by Gasteiger charge is -2.32. The highest BCUT2D eigenvalue weighted by atomic mass is 19.1. The van der Waals surface area contributed by atoms with Crippen molar-refractivity contribution in [1.82, 2.24) is 5.32 Å². The average molecular weight is 271 g/mol. The van der Waals surface area contributed by atoms with Gasteiger partial charge in [-0.25, -0.2) is 8.78 Å². The Morgan fingerprint density at radius 1 is 1.32 bits per heavy atom. The van der Waals surface area contributed by atoms with Gasteiger partial charge in [-0.3, -0.25) is 4.79 Å². The lowest BCUT2D eigenvalue weighted by atomic mass is 9.94. The molecule has 6 heteroatoms. The van der Waals surface area contributed by atoms with E-state index in [2.05, 4.69) is 5.32 Å². The molecule has 1 fully saturated rings. The minimum atomic E-state index is -1.07. The van der Waals surface area contributed by atoms with E-state index in [1.165, 1.54) is 6.07 Å². The summed E-state index contributed by atoms with van der Waals surface area (Å²) in [6.45, 7) is 0.754. The molecule has 0 spiro atoms. The summed E-state index contributed by atoms with van der Waals surface area (Å²) in [6.07, 6.45) is 0.764. The summed E-state index contributed by atoms with van der Waals surface area (Å²) >= 11 is 0. The molecule has 1 aliphatic heterocycles. The number of ether oxygens (including phenoxy) is 1. The van der Waals surface area contributed by atoms with E-state index in [0.717, 1.165) is 12.1 Å². The van der Waals surface area contributed by atoms with Gasteiger partial charge in [0.15, 0.2) is 0 Å². The fourth-order valence-corrected chi connectivity index (χ4v) is 1.98. The van der Waals surface area contributed by atoms with Crippen LogP contribution in [0, 0.1) is 11.6 Å². The zero-order valence-electron chi connectivity index (χ0n) is 10.3. The summed E-state index contributed by atoms with van der Waals surface area (Å²) in [6, 6.07) is 3.22. The molecule has 0 radical (unpaired) electrons. The molecule has 19 heavy (non-hydrogen) atoms. The standard InChI is InChI=1S/C13H15F2NO3/c14-9-2-1-3-10(15)11(9)12(17)16-8-13(18)4-6-19-7-5-13/h1-3,18H,4-8H2,(H,16,17). The van der Waals surface area contributed by atoms with Crippen LogP contribution in [0.15, 0.2) is 18.2 Å². The van der Waals surface area contributed by atoms with Crippen molar-refractivity contribution < 1.29 is 23.4 Å². The van der Waals surface area contributed by atoms with Crippen LogP contribution in [0.25, 0.3) is 0 Å². The Morgan fingerprint density at radius 2 is 1.89 bits per heavy atom. The van der Waals surface area contributed by atoms with E-state index in [-0.39, 0.29) is 6.54 Å². The van der Waals surface area contributed by atoms with Crippen molar-refractivity contribution in [3.8, 4) is 0 Å². The molecule has 0 atom stereocenters. The number of carbonyl (C=O) groups is 1. The zero-order chi connectivity index (χ0) is 13.9. The van der Waals surface area contributed by atoms with Gasteiger partial charge in [0.05, 0.1) is 5.60 Å². The van der Waals surface area contributed by atoms with Crippen LogP contribution in [-0.4, -0.2) is 36.4 Å². The number of amides is 1. The van der Waals surface area contributed by atoms with Gasteiger partial charge in [-0.05, 0) is 12.1 Å². The van der Waals surface area contributed by atoms with Gasteiger partial charge >= 0.3 is 0 Å². The average Bonchev–Trinajstić information content (AvgIpc) is 2.37. The second-order valence-electron chi connectivity index (χ2n) is 4.62. The second kappa shape index (κ2) is 5.63. The summed E-state index contributed by atoms with van der Waals surface area (Å²) in [7, 11) is 0. The number of hydrogen-bond donors (Lipinski definition) is 2. The Bertz CT molecular complexity index is 453. The maximum absolute atomic E-state index is 13.4. The fraction of sp³-hybridized carbons (Fsp3) is 0.462. The van der Waals surface area contributed by atoms with Gasteiger partial charge < -0.3 is 15.2 Å². The Hall–Kier alpha value is -1.53. The smallest absolute Gasteiger partial charge is 0.257 e. The summed E-state index contributed by atoms with van der Waals surface area (Å²) in [4.78, 5) is 11.7. The molecule has 2 N–H and O–H groups in total. The molecule has 1 aromatic rings. The summed E-state index contributed by atoms with van der Waals surface area (Å²) in [5.74, 6) is -2.71. The van der Waals surface area contributed by atoms with Crippen molar-refractivity contribution in [3.63, 3.8) is 0 Å². The topological polar surface area (TPSA) is 58.6 Å². The van der Waals surface area contributed by atoms with E-state index < -0.39 is 28.7 Å². The molecule has 1 saturated heterocycles. The predicted molar refractivity (Wildman–Crippen MR) is 63.7 cm³/mol. The lowest BCUT2D eigenvalue weighted by Crippen LogP contribution is -2.46. The first-order chi connectivity index (χ1) is 9.02. The molecule has 0 bridgehead atoms. The number of carbonyl (C=O) groups excluding carboxylic acids is 1. The monoisotopic (exact) mass is 271 g/mol. The van der Waals surface area contributed by atoms with E-state index in [1.807, 2.05) is 0 Å². The number of halogens is 2. The maximum Gasteiger partial charge on any atom is 0.257 e. The number of nitrogens with one attached hydrogen (secondary N) is 1. The zero-order valence-corrected chi connectivity index (χ0v) is 10.3. The van der Waals surface area contributed by atoms with Crippen molar-refractivity contribution in [3.05, 3.63) is 35.4 Å². The number of hydrogen-bond acceptors (Lipinski definition) is 3. The van der Waals surface area contributed by atoms with E-state index in [4.69, 9.17) is 4.74 Å². The van der Waals surface area contributed by atoms with Gasteiger partial charge in [0.2, 0.25) is 0 Å². The van der Waals surface area contributed by atoms with Gasteiger partial charge in [0, 0.05) is 32.6 Å². The minimum Gasteiger partial charge on any atom is -0.388 e. The van der Waals surface area contributed by atoms with E-state index in [0.29, 0.717) is 26.1 Å².